The van der Waals surface area contributed by atoms with E-state index in [0.717, 1.165) is 0 Å². The molecule has 0 spiro atoms. The molecule has 0 aliphatic rings. The average molecular weight is 370 g/mol. The molecule has 0 bridgehead atoms. The first kappa shape index (κ1) is 21.7. The van der Waals surface area contributed by atoms with E-state index in [0.29, 0.717) is 31.2 Å². The van der Waals surface area contributed by atoms with Crippen molar-refractivity contribution >= 4 is 11.9 Å². The Kier molecular flexibility index (Phi) is 8.81. The summed E-state index contributed by atoms with van der Waals surface area (Å²) in [6.07, 6.45) is 0. The molecule has 26 heavy (non-hydrogen) atoms. The molecular weight excluding hydrogens is 342 g/mol. The molecule has 0 unspecified atom stereocenters. The van der Waals surface area contributed by atoms with E-state index in [9.17, 15) is 13.6 Å². The Bertz CT molecular complexity index is 601. The summed E-state index contributed by atoms with van der Waals surface area (Å²) >= 11 is 0. The predicted molar refractivity (Wildman–Crippen MR) is 98.4 cm³/mol. The highest BCUT2D eigenvalue weighted by atomic mass is 19.3. The first-order chi connectivity index (χ1) is 12.2. The van der Waals surface area contributed by atoms with Crippen molar-refractivity contribution in [1.29, 1.82) is 0 Å². The number of halogens is 2. The van der Waals surface area contributed by atoms with Crippen molar-refractivity contribution in [3.8, 4) is 5.75 Å². The van der Waals surface area contributed by atoms with Crippen molar-refractivity contribution in [2.45, 2.75) is 40.9 Å². The number of ether oxygens (including phenoxy) is 1. The Hall–Kier alpha value is -2.38. The first-order valence-electron chi connectivity index (χ1n) is 8.57. The number of hydrogen-bond donors (Lipinski definition) is 3. The van der Waals surface area contributed by atoms with Gasteiger partial charge in [0.1, 0.15) is 5.75 Å². The molecule has 3 N–H and O–H groups in total. The number of benzene rings is 1. The first-order valence-corrected chi connectivity index (χ1v) is 8.57. The standard InChI is InChI=1S/C18H28F2N4O2/c1-5-21-17(23-11-10-22-15(25)18(2,3)4)24-12-13-8-6-7-9-14(13)26-16(19)20/h6-9,16H,5,10-12H2,1-4H3,(H,22,25)(H2,21,23,24). The number of alkyl halides is 2. The SMILES string of the molecule is CCNC(=NCc1ccccc1OC(F)F)NCCNC(=O)C(C)(C)C. The van der Waals surface area contributed by atoms with Crippen LogP contribution in [0.1, 0.15) is 33.3 Å². The number of guanidine groups is 1. The molecule has 0 radical (unpaired) electrons. The van der Waals surface area contributed by atoms with E-state index in [2.05, 4.69) is 25.7 Å². The summed E-state index contributed by atoms with van der Waals surface area (Å²) in [4.78, 5) is 16.2. The van der Waals surface area contributed by atoms with E-state index in [-0.39, 0.29) is 18.2 Å². The molecule has 0 aromatic heterocycles. The Labute approximate surface area is 153 Å². The van der Waals surface area contributed by atoms with Gasteiger partial charge >= 0.3 is 6.61 Å². The number of aliphatic imine (C=N–C) groups is 1. The second-order valence-corrected chi connectivity index (χ2v) is 6.61. The normalized spacial score (nSPS) is 12.0. The van der Waals surface area contributed by atoms with Gasteiger partial charge in [-0.2, -0.15) is 8.78 Å². The highest BCUT2D eigenvalue weighted by Gasteiger charge is 2.20. The van der Waals surface area contributed by atoms with E-state index in [1.807, 2.05) is 27.7 Å². The van der Waals surface area contributed by atoms with Crippen LogP contribution in [0.5, 0.6) is 5.75 Å². The number of nitrogens with one attached hydrogen (secondary N) is 3. The number of carbonyl (C=O) groups is 1. The lowest BCUT2D eigenvalue weighted by Crippen LogP contribution is -2.43. The lowest BCUT2D eigenvalue weighted by atomic mass is 9.96. The summed E-state index contributed by atoms with van der Waals surface area (Å²) in [5.41, 5.74) is 0.124. The maximum absolute atomic E-state index is 12.5. The van der Waals surface area contributed by atoms with Crippen LogP contribution in [0.25, 0.3) is 0 Å². The molecule has 1 rings (SSSR count). The van der Waals surface area contributed by atoms with Crippen LogP contribution in [0.4, 0.5) is 8.78 Å². The van der Waals surface area contributed by atoms with Crippen molar-refractivity contribution < 1.29 is 18.3 Å². The maximum atomic E-state index is 12.5. The molecule has 0 heterocycles. The molecule has 0 saturated heterocycles. The number of rotatable bonds is 8. The van der Waals surface area contributed by atoms with Crippen molar-refractivity contribution in [3.05, 3.63) is 29.8 Å². The number of para-hydroxylation sites is 1. The summed E-state index contributed by atoms with van der Waals surface area (Å²) in [6.45, 7) is 6.36. The maximum Gasteiger partial charge on any atom is 0.387 e. The zero-order valence-corrected chi connectivity index (χ0v) is 15.7. The van der Waals surface area contributed by atoms with Gasteiger partial charge in [0, 0.05) is 30.6 Å². The van der Waals surface area contributed by atoms with Crippen molar-refractivity contribution in [2.75, 3.05) is 19.6 Å². The zero-order chi connectivity index (χ0) is 19.6. The van der Waals surface area contributed by atoms with Gasteiger partial charge in [-0.25, -0.2) is 4.99 Å². The van der Waals surface area contributed by atoms with Gasteiger partial charge in [-0.15, -0.1) is 0 Å². The molecular formula is C18H28F2N4O2. The summed E-state index contributed by atoms with van der Waals surface area (Å²) < 4.78 is 29.4. The highest BCUT2D eigenvalue weighted by Crippen LogP contribution is 2.20. The second kappa shape index (κ2) is 10.6. The van der Waals surface area contributed by atoms with Crippen LogP contribution in [0.15, 0.2) is 29.3 Å². The fourth-order valence-electron chi connectivity index (χ4n) is 1.97. The van der Waals surface area contributed by atoms with Crippen LogP contribution in [0.2, 0.25) is 0 Å². The lowest BCUT2D eigenvalue weighted by Gasteiger charge is -2.18. The Morgan fingerprint density at radius 3 is 2.42 bits per heavy atom. The van der Waals surface area contributed by atoms with Gasteiger partial charge in [0.2, 0.25) is 5.91 Å². The zero-order valence-electron chi connectivity index (χ0n) is 15.7. The molecule has 1 amide bonds. The Morgan fingerprint density at radius 2 is 1.81 bits per heavy atom. The van der Waals surface area contributed by atoms with Crippen molar-refractivity contribution in [2.24, 2.45) is 10.4 Å². The van der Waals surface area contributed by atoms with Gasteiger partial charge in [-0.05, 0) is 13.0 Å². The van der Waals surface area contributed by atoms with Gasteiger partial charge in [0.25, 0.3) is 0 Å². The van der Waals surface area contributed by atoms with Gasteiger partial charge in [-0.3, -0.25) is 4.79 Å². The van der Waals surface area contributed by atoms with Gasteiger partial charge in [0.05, 0.1) is 6.54 Å². The van der Waals surface area contributed by atoms with Crippen LogP contribution in [-0.2, 0) is 11.3 Å². The summed E-state index contributed by atoms with van der Waals surface area (Å²) in [5, 5.41) is 9.00. The van der Waals surface area contributed by atoms with Gasteiger partial charge in [-0.1, -0.05) is 39.0 Å². The third-order valence-electron chi connectivity index (χ3n) is 3.32. The molecule has 0 atom stereocenters. The van der Waals surface area contributed by atoms with Crippen molar-refractivity contribution in [1.82, 2.24) is 16.0 Å². The Morgan fingerprint density at radius 1 is 1.15 bits per heavy atom. The Balaban J connectivity index is 2.60. The van der Waals surface area contributed by atoms with Gasteiger partial charge < -0.3 is 20.7 Å². The molecule has 146 valence electrons. The number of carbonyl (C=O) groups excluding carboxylic acids is 1. The second-order valence-electron chi connectivity index (χ2n) is 6.61. The molecule has 0 aliphatic heterocycles. The average Bonchev–Trinajstić information content (AvgIpc) is 2.56. The molecule has 1 aromatic rings. The largest absolute Gasteiger partial charge is 0.434 e. The van der Waals surface area contributed by atoms with E-state index in [4.69, 9.17) is 0 Å². The number of hydrogen-bond acceptors (Lipinski definition) is 3. The summed E-state index contributed by atoms with van der Waals surface area (Å²) in [7, 11) is 0. The third kappa shape index (κ3) is 8.13. The fourth-order valence-corrected chi connectivity index (χ4v) is 1.97. The van der Waals surface area contributed by atoms with Crippen LogP contribution >= 0.6 is 0 Å². The molecule has 6 nitrogen and oxygen atoms in total. The predicted octanol–water partition coefficient (Wildman–Crippen LogP) is 2.51. The minimum Gasteiger partial charge on any atom is -0.434 e. The molecule has 0 saturated carbocycles. The topological polar surface area (TPSA) is 74.8 Å². The van der Waals surface area contributed by atoms with E-state index in [1.54, 1.807) is 18.2 Å². The quantitative estimate of drug-likeness (QED) is 0.373. The van der Waals surface area contributed by atoms with Crippen LogP contribution in [-0.4, -0.2) is 38.1 Å². The minimum absolute atomic E-state index is 0.0284. The van der Waals surface area contributed by atoms with E-state index < -0.39 is 12.0 Å². The summed E-state index contributed by atoms with van der Waals surface area (Å²) in [6, 6.07) is 6.55. The van der Waals surface area contributed by atoms with E-state index in [1.165, 1.54) is 6.07 Å². The monoisotopic (exact) mass is 370 g/mol. The van der Waals surface area contributed by atoms with Gasteiger partial charge in [0.15, 0.2) is 5.96 Å². The molecule has 0 fully saturated rings. The highest BCUT2D eigenvalue weighted by molar-refractivity contribution is 5.81. The molecule has 1 aromatic carbocycles. The smallest absolute Gasteiger partial charge is 0.387 e. The van der Waals surface area contributed by atoms with E-state index >= 15 is 0 Å². The molecule has 0 aliphatic carbocycles. The van der Waals surface area contributed by atoms with Crippen LogP contribution in [0.3, 0.4) is 0 Å². The van der Waals surface area contributed by atoms with Crippen LogP contribution < -0.4 is 20.7 Å². The third-order valence-corrected chi connectivity index (χ3v) is 3.32. The fraction of sp³-hybridized carbons (Fsp3) is 0.556. The summed E-state index contributed by atoms with van der Waals surface area (Å²) in [5.74, 6) is 0.614. The van der Waals surface area contributed by atoms with Crippen molar-refractivity contribution in [3.63, 3.8) is 0 Å². The van der Waals surface area contributed by atoms with Crippen LogP contribution in [0, 0.1) is 5.41 Å². The number of nitrogens with zero attached hydrogens (tertiary/aromatic N) is 1. The molecule has 8 heteroatoms. The lowest BCUT2D eigenvalue weighted by molar-refractivity contribution is -0.128. The number of amides is 1. The minimum atomic E-state index is -2.88.